The number of ether oxygens (including phenoxy) is 1. The molecule has 1 amide bonds. The molecule has 5 aromatic rings. The van der Waals surface area contributed by atoms with Crippen LogP contribution in [0.25, 0.3) is 33.4 Å². The van der Waals surface area contributed by atoms with Crippen molar-refractivity contribution in [1.29, 1.82) is 0 Å². The van der Waals surface area contributed by atoms with Gasteiger partial charge in [-0.05, 0) is 72.6 Å². The Morgan fingerprint density at radius 2 is 1.69 bits per heavy atom. The first-order valence-electron chi connectivity index (χ1n) is 14.1. The number of amides is 1. The molecule has 7 nitrogen and oxygen atoms in total. The summed E-state index contributed by atoms with van der Waals surface area (Å²) in [4.78, 5) is 35.2. The van der Waals surface area contributed by atoms with Gasteiger partial charge in [0.05, 0.1) is 23.6 Å². The van der Waals surface area contributed by atoms with Crippen molar-refractivity contribution in [3.8, 4) is 28.2 Å². The molecule has 1 aliphatic carbocycles. The van der Waals surface area contributed by atoms with Crippen LogP contribution in [0, 0.1) is 18.6 Å². The van der Waals surface area contributed by atoms with Crippen LogP contribution in [0.15, 0.2) is 71.4 Å². The molecule has 1 N–H and O–H groups in total. The Morgan fingerprint density at radius 1 is 1.00 bits per heavy atom. The molecule has 1 fully saturated rings. The molecule has 230 valence electrons. The molecule has 6 rings (SSSR count). The summed E-state index contributed by atoms with van der Waals surface area (Å²) in [7, 11) is 2.78. The van der Waals surface area contributed by atoms with Crippen molar-refractivity contribution in [3.05, 3.63) is 101 Å². The van der Waals surface area contributed by atoms with Crippen molar-refractivity contribution in [2.45, 2.75) is 37.5 Å². The van der Waals surface area contributed by atoms with Crippen molar-refractivity contribution in [3.63, 3.8) is 0 Å². The number of carbonyl (C=O) groups is 2. The van der Waals surface area contributed by atoms with Crippen LogP contribution in [-0.4, -0.2) is 41.7 Å². The number of nitrogens with one attached hydrogen (secondary N) is 1. The standard InChI is InChI=1S/C34H27F4N3O4/c1-18-13-26(44-3)23(24(42)15-33(16-34(37,38)17-33)32-40-11-4-12-41-32)14-22(18)21-9-10-25-27(29(21)36)28(31(43)39-2)30(45-25)19-5-7-20(35)8-6-19/h4-14H,15-17H2,1-3H3,(H,39,43). The third-order valence-corrected chi connectivity index (χ3v) is 8.22. The summed E-state index contributed by atoms with van der Waals surface area (Å²) in [5.74, 6) is -4.91. The Kier molecular flexibility index (Phi) is 7.42. The van der Waals surface area contributed by atoms with Crippen LogP contribution < -0.4 is 10.1 Å². The number of methoxy groups -OCH3 is 1. The van der Waals surface area contributed by atoms with Crippen LogP contribution in [0.3, 0.4) is 0 Å². The van der Waals surface area contributed by atoms with E-state index < -0.39 is 47.5 Å². The van der Waals surface area contributed by atoms with E-state index in [0.29, 0.717) is 16.7 Å². The van der Waals surface area contributed by atoms with Crippen molar-refractivity contribution >= 4 is 22.7 Å². The fourth-order valence-electron chi connectivity index (χ4n) is 6.14. The lowest BCUT2D eigenvalue weighted by atomic mass is 9.62. The van der Waals surface area contributed by atoms with Crippen LogP contribution >= 0.6 is 0 Å². The minimum atomic E-state index is -2.96. The molecule has 0 atom stereocenters. The molecule has 0 spiro atoms. The number of Topliss-reactive ketones (excluding diaryl/α,β-unsaturated/α-hetero) is 1. The van der Waals surface area contributed by atoms with Gasteiger partial charge < -0.3 is 14.5 Å². The smallest absolute Gasteiger partial charge is 0.255 e. The number of furan rings is 1. The van der Waals surface area contributed by atoms with Gasteiger partial charge >= 0.3 is 0 Å². The maximum atomic E-state index is 16.5. The van der Waals surface area contributed by atoms with Crippen molar-refractivity contribution in [2.24, 2.45) is 0 Å². The predicted octanol–water partition coefficient (Wildman–Crippen LogP) is 7.45. The largest absolute Gasteiger partial charge is 0.496 e. The lowest BCUT2D eigenvalue weighted by molar-refractivity contribution is -0.128. The average molecular weight is 618 g/mol. The van der Waals surface area contributed by atoms with Crippen molar-refractivity contribution in [2.75, 3.05) is 14.2 Å². The number of ketones is 1. The van der Waals surface area contributed by atoms with E-state index in [1.807, 2.05) is 0 Å². The highest BCUT2D eigenvalue weighted by Gasteiger charge is 2.59. The second kappa shape index (κ2) is 11.1. The summed E-state index contributed by atoms with van der Waals surface area (Å²) >= 11 is 0. The van der Waals surface area contributed by atoms with E-state index in [4.69, 9.17) is 9.15 Å². The summed E-state index contributed by atoms with van der Waals surface area (Å²) in [6.45, 7) is 1.71. The highest BCUT2D eigenvalue weighted by Crippen LogP contribution is 2.55. The van der Waals surface area contributed by atoms with Gasteiger partial charge in [-0.2, -0.15) is 0 Å². The van der Waals surface area contributed by atoms with Gasteiger partial charge in [0.25, 0.3) is 5.91 Å². The van der Waals surface area contributed by atoms with Gasteiger partial charge in [0.1, 0.15) is 34.6 Å². The first-order chi connectivity index (χ1) is 21.5. The highest BCUT2D eigenvalue weighted by atomic mass is 19.3. The maximum absolute atomic E-state index is 16.5. The van der Waals surface area contributed by atoms with Crippen LogP contribution in [0.2, 0.25) is 0 Å². The zero-order valence-corrected chi connectivity index (χ0v) is 24.5. The second-order valence-corrected chi connectivity index (χ2v) is 11.2. The Balaban J connectivity index is 1.46. The van der Waals surface area contributed by atoms with E-state index in [0.717, 1.165) is 0 Å². The number of hydrogen-bond acceptors (Lipinski definition) is 6. The topological polar surface area (TPSA) is 94.3 Å². The molecule has 0 saturated heterocycles. The summed E-state index contributed by atoms with van der Waals surface area (Å²) in [5, 5.41) is 2.41. The second-order valence-electron chi connectivity index (χ2n) is 11.2. The molecular formula is C34H27F4N3O4. The lowest BCUT2D eigenvalue weighted by Gasteiger charge is -2.45. The molecule has 45 heavy (non-hydrogen) atoms. The molecule has 2 heterocycles. The Hall–Kier alpha value is -5.06. The van der Waals surface area contributed by atoms with Crippen LogP contribution in [0.5, 0.6) is 5.75 Å². The quantitative estimate of drug-likeness (QED) is 0.144. The molecule has 0 unspecified atom stereocenters. The van der Waals surface area contributed by atoms with Gasteiger partial charge in [0, 0.05) is 55.2 Å². The fraction of sp³-hybridized carbons (Fsp3) is 0.235. The Morgan fingerprint density at radius 3 is 2.31 bits per heavy atom. The molecule has 2 aromatic heterocycles. The lowest BCUT2D eigenvalue weighted by Crippen LogP contribution is -2.51. The number of halogens is 4. The van der Waals surface area contributed by atoms with Gasteiger partial charge in [-0.1, -0.05) is 0 Å². The fourth-order valence-corrected chi connectivity index (χ4v) is 6.14. The van der Waals surface area contributed by atoms with Gasteiger partial charge in [-0.3, -0.25) is 9.59 Å². The number of aryl methyl sites for hydroxylation is 1. The summed E-state index contributed by atoms with van der Waals surface area (Å²) in [6, 6.07) is 12.9. The predicted molar refractivity (Wildman–Crippen MR) is 159 cm³/mol. The number of rotatable bonds is 8. The van der Waals surface area contributed by atoms with E-state index >= 15 is 4.39 Å². The van der Waals surface area contributed by atoms with E-state index in [1.165, 1.54) is 69.0 Å². The first kappa shape index (κ1) is 30.0. The number of nitrogens with zero attached hydrogens (tertiary/aromatic N) is 2. The molecule has 3 aromatic carbocycles. The monoisotopic (exact) mass is 617 g/mol. The zero-order valence-electron chi connectivity index (χ0n) is 24.5. The molecule has 0 aliphatic heterocycles. The first-order valence-corrected chi connectivity index (χ1v) is 14.1. The van der Waals surface area contributed by atoms with Crippen LogP contribution in [0.1, 0.15) is 51.4 Å². The summed E-state index contributed by atoms with van der Waals surface area (Å²) < 4.78 is 69.9. The Labute approximate surface area is 255 Å². The van der Waals surface area contributed by atoms with E-state index in [-0.39, 0.29) is 51.4 Å². The minimum Gasteiger partial charge on any atom is -0.496 e. The highest BCUT2D eigenvalue weighted by molar-refractivity contribution is 6.12. The zero-order chi connectivity index (χ0) is 32.1. The number of hydrogen-bond donors (Lipinski definition) is 1. The van der Waals surface area contributed by atoms with E-state index in [2.05, 4.69) is 15.3 Å². The maximum Gasteiger partial charge on any atom is 0.255 e. The molecule has 0 bridgehead atoms. The normalized spacial score (nSPS) is 15.0. The molecule has 11 heteroatoms. The summed E-state index contributed by atoms with van der Waals surface area (Å²) in [5.41, 5.74) is 0.162. The number of fused-ring (bicyclic) bond motifs is 1. The van der Waals surface area contributed by atoms with Gasteiger partial charge in [0.2, 0.25) is 5.92 Å². The molecule has 1 saturated carbocycles. The number of carbonyl (C=O) groups excluding carboxylic acids is 2. The molecule has 0 radical (unpaired) electrons. The average Bonchev–Trinajstić information content (AvgIpc) is 3.41. The van der Waals surface area contributed by atoms with Crippen molar-refractivity contribution in [1.82, 2.24) is 15.3 Å². The number of alkyl halides is 2. The van der Waals surface area contributed by atoms with Gasteiger partial charge in [0.15, 0.2) is 5.78 Å². The van der Waals surface area contributed by atoms with Gasteiger partial charge in [-0.15, -0.1) is 0 Å². The van der Waals surface area contributed by atoms with E-state index in [9.17, 15) is 22.8 Å². The van der Waals surface area contributed by atoms with E-state index in [1.54, 1.807) is 19.1 Å². The minimum absolute atomic E-state index is 0.0634. The van der Waals surface area contributed by atoms with Crippen LogP contribution in [-0.2, 0) is 5.41 Å². The SMILES string of the molecule is CNC(=O)c1c(-c2ccc(F)cc2)oc2ccc(-c3cc(C(=O)CC4(c5ncccn5)CC(F)(F)C4)c(OC)cc3C)c(F)c12. The molecular weight excluding hydrogens is 590 g/mol. The van der Waals surface area contributed by atoms with Crippen molar-refractivity contribution < 1.29 is 36.3 Å². The third-order valence-electron chi connectivity index (χ3n) is 8.22. The van der Waals surface area contributed by atoms with Gasteiger partial charge in [-0.25, -0.2) is 27.5 Å². The summed E-state index contributed by atoms with van der Waals surface area (Å²) in [6.07, 6.45) is 1.41. The third kappa shape index (κ3) is 5.22. The number of aromatic nitrogens is 2. The Bertz CT molecular complexity index is 1950. The number of benzene rings is 3. The molecule has 1 aliphatic rings. The van der Waals surface area contributed by atoms with Crippen LogP contribution in [0.4, 0.5) is 17.6 Å².